The molecule has 0 fully saturated rings. The van der Waals surface area contributed by atoms with Gasteiger partial charge in [0.25, 0.3) is 5.91 Å². The standard InChI is InChI=1S/C24H32F3N2O5P/c1-6-32-35(31,33-7-2)22(23(3,4)5)29-19-12-8-17(9-13-19)16-28-21(30)18-10-14-20(15-11-18)34-24(25,26)27/h8-15,22,29H,6-7,16H2,1-5H3,(H,28,30). The average molecular weight is 516 g/mol. The number of anilines is 1. The number of alkyl halides is 3. The molecule has 0 saturated heterocycles. The van der Waals surface area contributed by atoms with Gasteiger partial charge in [0, 0.05) is 17.8 Å². The molecule has 2 aromatic rings. The minimum Gasteiger partial charge on any atom is -0.406 e. The predicted molar refractivity (Wildman–Crippen MR) is 128 cm³/mol. The van der Waals surface area contributed by atoms with Gasteiger partial charge in [-0.25, -0.2) is 0 Å². The first-order chi connectivity index (χ1) is 16.3. The Kier molecular flexibility index (Phi) is 9.77. The summed E-state index contributed by atoms with van der Waals surface area (Å²) in [4.78, 5) is 12.3. The highest BCUT2D eigenvalue weighted by Gasteiger charge is 2.43. The topological polar surface area (TPSA) is 85.9 Å². The molecule has 1 unspecified atom stereocenters. The van der Waals surface area contributed by atoms with Crippen LogP contribution in [0.3, 0.4) is 0 Å². The van der Waals surface area contributed by atoms with Crippen molar-refractivity contribution in [1.29, 1.82) is 0 Å². The average Bonchev–Trinajstić information content (AvgIpc) is 2.75. The van der Waals surface area contributed by atoms with Gasteiger partial charge in [-0.05, 0) is 61.2 Å². The quantitative estimate of drug-likeness (QED) is 0.329. The van der Waals surface area contributed by atoms with Crippen molar-refractivity contribution in [2.24, 2.45) is 5.41 Å². The van der Waals surface area contributed by atoms with E-state index >= 15 is 0 Å². The van der Waals surface area contributed by atoms with Crippen molar-refractivity contribution in [1.82, 2.24) is 5.32 Å². The zero-order chi connectivity index (χ0) is 26.3. The molecule has 194 valence electrons. The summed E-state index contributed by atoms with van der Waals surface area (Å²) >= 11 is 0. The number of amides is 1. The zero-order valence-electron chi connectivity index (χ0n) is 20.4. The number of carbonyl (C=O) groups excluding carboxylic acids is 1. The molecule has 0 aliphatic rings. The molecule has 2 rings (SSSR count). The van der Waals surface area contributed by atoms with Crippen LogP contribution < -0.4 is 15.4 Å². The van der Waals surface area contributed by atoms with Crippen LogP contribution in [-0.4, -0.2) is 31.3 Å². The smallest absolute Gasteiger partial charge is 0.406 e. The second-order valence-electron chi connectivity index (χ2n) is 8.74. The Bertz CT molecular complexity index is 996. The SMILES string of the molecule is CCOP(=O)(OCC)C(Nc1ccc(CNC(=O)c2ccc(OC(F)(F)F)cc2)cc1)C(C)(C)C. The van der Waals surface area contributed by atoms with Gasteiger partial charge in [0.05, 0.1) is 13.2 Å². The molecule has 0 saturated carbocycles. The van der Waals surface area contributed by atoms with E-state index in [4.69, 9.17) is 9.05 Å². The highest BCUT2D eigenvalue weighted by atomic mass is 31.2. The normalized spacial score (nSPS) is 13.3. The number of ether oxygens (including phenoxy) is 1. The molecule has 0 aliphatic carbocycles. The van der Waals surface area contributed by atoms with Gasteiger partial charge in [0.1, 0.15) is 11.5 Å². The monoisotopic (exact) mass is 516 g/mol. The van der Waals surface area contributed by atoms with Crippen LogP contribution in [0.2, 0.25) is 0 Å². The van der Waals surface area contributed by atoms with Crippen molar-refractivity contribution < 1.29 is 36.3 Å². The third kappa shape index (κ3) is 8.87. The van der Waals surface area contributed by atoms with E-state index in [0.29, 0.717) is 5.69 Å². The molecule has 1 amide bonds. The van der Waals surface area contributed by atoms with Crippen molar-refractivity contribution >= 4 is 19.2 Å². The summed E-state index contributed by atoms with van der Waals surface area (Å²) in [6, 6.07) is 11.9. The van der Waals surface area contributed by atoms with E-state index in [1.54, 1.807) is 38.1 Å². The van der Waals surface area contributed by atoms with Crippen LogP contribution in [0.5, 0.6) is 5.75 Å². The second kappa shape index (κ2) is 11.9. The van der Waals surface area contributed by atoms with E-state index in [-0.39, 0.29) is 25.3 Å². The lowest BCUT2D eigenvalue weighted by atomic mass is 9.96. The molecule has 0 bridgehead atoms. The zero-order valence-corrected chi connectivity index (χ0v) is 21.3. The first kappa shape index (κ1) is 28.7. The molecule has 2 aromatic carbocycles. The van der Waals surface area contributed by atoms with E-state index in [1.807, 2.05) is 20.8 Å². The fraction of sp³-hybridized carbons (Fsp3) is 0.458. The maximum atomic E-state index is 13.4. The van der Waals surface area contributed by atoms with E-state index in [2.05, 4.69) is 15.4 Å². The maximum Gasteiger partial charge on any atom is 0.573 e. The Morgan fingerprint density at radius 3 is 1.94 bits per heavy atom. The van der Waals surface area contributed by atoms with Crippen LogP contribution in [0, 0.1) is 5.41 Å². The van der Waals surface area contributed by atoms with Gasteiger partial charge in [-0.15, -0.1) is 13.2 Å². The summed E-state index contributed by atoms with van der Waals surface area (Å²) in [5.74, 6) is -1.43. The summed E-state index contributed by atoms with van der Waals surface area (Å²) < 4.78 is 65.1. The fourth-order valence-electron chi connectivity index (χ4n) is 3.29. The Morgan fingerprint density at radius 1 is 0.943 bits per heavy atom. The lowest BCUT2D eigenvalue weighted by Gasteiger charge is -2.36. The van der Waals surface area contributed by atoms with Crippen LogP contribution in [0.15, 0.2) is 48.5 Å². The van der Waals surface area contributed by atoms with E-state index < -0.39 is 36.8 Å². The minimum absolute atomic E-state index is 0.202. The van der Waals surface area contributed by atoms with Crippen molar-refractivity contribution in [3.8, 4) is 5.75 Å². The largest absolute Gasteiger partial charge is 0.573 e. The molecule has 0 aromatic heterocycles. The Balaban J connectivity index is 2.03. The summed E-state index contributed by atoms with van der Waals surface area (Å²) in [6.07, 6.45) is -4.79. The molecule has 11 heteroatoms. The molecule has 2 N–H and O–H groups in total. The third-order valence-electron chi connectivity index (χ3n) is 4.82. The van der Waals surface area contributed by atoms with Crippen molar-refractivity contribution in [3.63, 3.8) is 0 Å². The van der Waals surface area contributed by atoms with E-state index in [9.17, 15) is 22.5 Å². The molecule has 1 atom stereocenters. The number of nitrogens with one attached hydrogen (secondary N) is 2. The van der Waals surface area contributed by atoms with Gasteiger partial charge in [-0.1, -0.05) is 32.9 Å². The summed E-state index contributed by atoms with van der Waals surface area (Å²) in [5.41, 5.74) is 1.27. The highest BCUT2D eigenvalue weighted by molar-refractivity contribution is 7.54. The first-order valence-electron chi connectivity index (χ1n) is 11.2. The molecule has 0 heterocycles. The molecular formula is C24H32F3N2O5P. The lowest BCUT2D eigenvalue weighted by Crippen LogP contribution is -2.35. The minimum atomic E-state index is -4.79. The molecular weight excluding hydrogens is 484 g/mol. The Morgan fingerprint density at radius 2 is 1.49 bits per heavy atom. The first-order valence-corrected chi connectivity index (χ1v) is 12.8. The number of benzene rings is 2. The second-order valence-corrected chi connectivity index (χ2v) is 10.9. The summed E-state index contributed by atoms with van der Waals surface area (Å²) in [7, 11) is -3.44. The molecule has 0 aliphatic heterocycles. The van der Waals surface area contributed by atoms with Crippen LogP contribution in [0.4, 0.5) is 18.9 Å². The third-order valence-corrected chi connectivity index (χ3v) is 7.59. The Hall–Kier alpha value is -2.55. The van der Waals surface area contributed by atoms with Gasteiger partial charge in [-0.3, -0.25) is 9.36 Å². The number of carbonyl (C=O) groups is 1. The Labute approximate surface area is 203 Å². The number of hydrogen-bond acceptors (Lipinski definition) is 6. The van der Waals surface area contributed by atoms with Gasteiger partial charge in [0.2, 0.25) is 0 Å². The van der Waals surface area contributed by atoms with Crippen LogP contribution in [-0.2, 0) is 20.2 Å². The summed E-state index contributed by atoms with van der Waals surface area (Å²) in [5, 5.41) is 5.99. The maximum absolute atomic E-state index is 13.4. The summed E-state index contributed by atoms with van der Waals surface area (Å²) in [6.45, 7) is 10.1. The highest BCUT2D eigenvalue weighted by Crippen LogP contribution is 2.58. The number of halogens is 3. The van der Waals surface area contributed by atoms with Crippen LogP contribution in [0.25, 0.3) is 0 Å². The van der Waals surface area contributed by atoms with Crippen molar-refractivity contribution in [2.45, 2.75) is 53.3 Å². The van der Waals surface area contributed by atoms with Gasteiger partial charge in [-0.2, -0.15) is 0 Å². The van der Waals surface area contributed by atoms with Gasteiger partial charge in [0.15, 0.2) is 0 Å². The molecule has 0 radical (unpaired) electrons. The fourth-order valence-corrected chi connectivity index (χ4v) is 5.63. The van der Waals surface area contributed by atoms with E-state index in [1.165, 1.54) is 12.1 Å². The molecule has 0 spiro atoms. The predicted octanol–water partition coefficient (Wildman–Crippen LogP) is 6.57. The van der Waals surface area contributed by atoms with Crippen LogP contribution >= 0.6 is 7.60 Å². The van der Waals surface area contributed by atoms with E-state index in [0.717, 1.165) is 17.7 Å². The van der Waals surface area contributed by atoms with Crippen LogP contribution in [0.1, 0.15) is 50.5 Å². The van der Waals surface area contributed by atoms with Crippen molar-refractivity contribution in [2.75, 3.05) is 18.5 Å². The molecule has 7 nitrogen and oxygen atoms in total. The lowest BCUT2D eigenvalue weighted by molar-refractivity contribution is -0.274. The number of hydrogen-bond donors (Lipinski definition) is 2. The van der Waals surface area contributed by atoms with Gasteiger partial charge < -0.3 is 24.4 Å². The molecule has 35 heavy (non-hydrogen) atoms. The van der Waals surface area contributed by atoms with Gasteiger partial charge >= 0.3 is 14.0 Å². The van der Waals surface area contributed by atoms with Crippen molar-refractivity contribution in [3.05, 3.63) is 59.7 Å². The number of rotatable bonds is 11.